The highest BCUT2D eigenvalue weighted by atomic mass is 32.3. The predicted molar refractivity (Wildman–Crippen MR) is 64.4 cm³/mol. The molecule has 1 aliphatic heterocycles. The van der Waals surface area contributed by atoms with Crippen molar-refractivity contribution in [3.63, 3.8) is 0 Å². The standard InChI is InChI=1S/C8H17N3O2S2/c1-3-4-5-11-6-9-8(10-11)14-7-15(2,12)13/h3-7H2,1-2H3,(H,9,10). The Hall–Kier alpha value is -0.270. The predicted octanol–water partition coefficient (Wildman–Crippen LogP) is 0.655. The van der Waals surface area contributed by atoms with Gasteiger partial charge in [-0.15, -0.1) is 0 Å². The second-order valence-electron chi connectivity index (χ2n) is 3.52. The molecule has 7 heteroatoms. The van der Waals surface area contributed by atoms with Crippen LogP contribution in [0, 0.1) is 0 Å². The molecule has 0 aromatic carbocycles. The number of thioether (sulfide) groups is 1. The SMILES string of the molecule is CCCCN1CN=C(SCS(C)(=O)=O)N1. The number of nitrogens with zero attached hydrogens (tertiary/aromatic N) is 2. The molecule has 0 aliphatic carbocycles. The number of hydrogen-bond donors (Lipinski definition) is 1. The molecule has 0 aromatic heterocycles. The van der Waals surface area contributed by atoms with Crippen molar-refractivity contribution in [2.75, 3.05) is 24.6 Å². The minimum Gasteiger partial charge on any atom is -0.296 e. The number of aliphatic imine (C=N–C) groups is 1. The Morgan fingerprint density at radius 2 is 2.33 bits per heavy atom. The molecule has 0 spiro atoms. The lowest BCUT2D eigenvalue weighted by atomic mass is 10.3. The molecule has 1 N–H and O–H groups in total. The summed E-state index contributed by atoms with van der Waals surface area (Å²) in [5.41, 5.74) is 3.08. The van der Waals surface area contributed by atoms with Crippen molar-refractivity contribution in [2.45, 2.75) is 19.8 Å². The van der Waals surface area contributed by atoms with E-state index < -0.39 is 9.84 Å². The van der Waals surface area contributed by atoms with Gasteiger partial charge in [0.15, 0.2) is 15.0 Å². The second-order valence-corrected chi connectivity index (χ2v) is 6.99. The first-order chi connectivity index (χ1) is 7.01. The van der Waals surface area contributed by atoms with Gasteiger partial charge in [-0.05, 0) is 6.42 Å². The molecule has 0 atom stereocenters. The maximum atomic E-state index is 10.9. The molecule has 0 unspecified atom stereocenters. The molecule has 0 aromatic rings. The van der Waals surface area contributed by atoms with E-state index in [1.54, 1.807) is 0 Å². The Morgan fingerprint density at radius 3 is 2.93 bits per heavy atom. The monoisotopic (exact) mass is 251 g/mol. The normalized spacial score (nSPS) is 17.6. The quantitative estimate of drug-likeness (QED) is 0.777. The molecule has 1 heterocycles. The Morgan fingerprint density at radius 1 is 1.60 bits per heavy atom. The summed E-state index contributed by atoms with van der Waals surface area (Å²) in [5, 5.41) is 2.78. The van der Waals surface area contributed by atoms with Crippen molar-refractivity contribution < 1.29 is 8.42 Å². The Bertz CT molecular complexity index is 327. The number of unbranched alkanes of at least 4 members (excludes halogenated alkanes) is 1. The summed E-state index contributed by atoms with van der Waals surface area (Å²) in [7, 11) is -2.92. The first-order valence-corrected chi connectivity index (χ1v) is 7.92. The lowest BCUT2D eigenvalue weighted by molar-refractivity contribution is 0.263. The van der Waals surface area contributed by atoms with Crippen molar-refractivity contribution in [3.05, 3.63) is 0 Å². The summed E-state index contributed by atoms with van der Waals surface area (Å²) in [6, 6.07) is 0. The van der Waals surface area contributed by atoms with Gasteiger partial charge in [0.1, 0.15) is 11.8 Å². The number of rotatable bonds is 5. The molecule has 88 valence electrons. The van der Waals surface area contributed by atoms with Gasteiger partial charge in [-0.2, -0.15) is 0 Å². The van der Waals surface area contributed by atoms with Crippen LogP contribution < -0.4 is 5.43 Å². The van der Waals surface area contributed by atoms with E-state index in [2.05, 4.69) is 17.3 Å². The van der Waals surface area contributed by atoms with Crippen molar-refractivity contribution in [3.8, 4) is 0 Å². The van der Waals surface area contributed by atoms with Gasteiger partial charge in [0.05, 0.1) is 0 Å². The van der Waals surface area contributed by atoms with Gasteiger partial charge >= 0.3 is 0 Å². The highest BCUT2D eigenvalue weighted by molar-refractivity contribution is 8.21. The van der Waals surface area contributed by atoms with Crippen LogP contribution >= 0.6 is 11.8 Å². The van der Waals surface area contributed by atoms with Crippen LogP contribution in [-0.4, -0.2) is 43.1 Å². The van der Waals surface area contributed by atoms with E-state index in [1.165, 1.54) is 18.0 Å². The number of sulfone groups is 1. The van der Waals surface area contributed by atoms with Crippen molar-refractivity contribution in [2.24, 2.45) is 4.99 Å². The van der Waals surface area contributed by atoms with Crippen LogP contribution in [0.4, 0.5) is 0 Å². The zero-order valence-corrected chi connectivity index (χ0v) is 10.7. The van der Waals surface area contributed by atoms with Crippen molar-refractivity contribution in [1.29, 1.82) is 0 Å². The van der Waals surface area contributed by atoms with Crippen LogP contribution in [0.15, 0.2) is 4.99 Å². The fourth-order valence-electron chi connectivity index (χ4n) is 1.07. The number of hydrogen-bond acceptors (Lipinski definition) is 6. The van der Waals surface area contributed by atoms with Gasteiger partial charge in [-0.25, -0.2) is 18.4 Å². The molecule has 0 amide bonds. The summed E-state index contributed by atoms with van der Waals surface area (Å²) in [5.74, 6) is 0. The third-order valence-electron chi connectivity index (χ3n) is 1.83. The highest BCUT2D eigenvalue weighted by Gasteiger charge is 2.15. The molecule has 5 nitrogen and oxygen atoms in total. The van der Waals surface area contributed by atoms with Crippen LogP contribution in [0.2, 0.25) is 0 Å². The topological polar surface area (TPSA) is 61.8 Å². The minimum absolute atomic E-state index is 0.0838. The summed E-state index contributed by atoms with van der Waals surface area (Å²) in [6.07, 6.45) is 3.49. The van der Waals surface area contributed by atoms with Crippen LogP contribution in [0.3, 0.4) is 0 Å². The van der Waals surface area contributed by atoms with Gasteiger partial charge in [-0.3, -0.25) is 5.43 Å². The molecule has 0 fully saturated rings. The molecule has 0 saturated heterocycles. The fraction of sp³-hybridized carbons (Fsp3) is 0.875. The van der Waals surface area contributed by atoms with Gasteiger partial charge in [-0.1, -0.05) is 25.1 Å². The van der Waals surface area contributed by atoms with E-state index in [1.807, 2.05) is 5.01 Å². The Kier molecular flexibility index (Phi) is 4.88. The number of hydrazine groups is 1. The fourth-order valence-corrected chi connectivity index (χ4v) is 2.72. The van der Waals surface area contributed by atoms with E-state index in [0.717, 1.165) is 19.4 Å². The van der Waals surface area contributed by atoms with Crippen molar-refractivity contribution in [1.82, 2.24) is 10.4 Å². The largest absolute Gasteiger partial charge is 0.296 e. The smallest absolute Gasteiger partial charge is 0.173 e. The molecule has 15 heavy (non-hydrogen) atoms. The van der Waals surface area contributed by atoms with Crippen LogP contribution in [-0.2, 0) is 9.84 Å². The summed E-state index contributed by atoms with van der Waals surface area (Å²) < 4.78 is 21.8. The molecular weight excluding hydrogens is 234 g/mol. The molecule has 0 radical (unpaired) electrons. The van der Waals surface area contributed by atoms with Gasteiger partial charge in [0.25, 0.3) is 0 Å². The van der Waals surface area contributed by atoms with Crippen LogP contribution in [0.25, 0.3) is 0 Å². The average molecular weight is 251 g/mol. The zero-order valence-electron chi connectivity index (χ0n) is 9.06. The van der Waals surface area contributed by atoms with Crippen LogP contribution in [0.5, 0.6) is 0 Å². The second kappa shape index (κ2) is 5.72. The molecule has 1 aliphatic rings. The summed E-state index contributed by atoms with van der Waals surface area (Å²) in [6.45, 7) is 3.70. The van der Waals surface area contributed by atoms with Gasteiger partial charge in [0, 0.05) is 12.8 Å². The number of amidine groups is 1. The third-order valence-corrected chi connectivity index (χ3v) is 4.51. The van der Waals surface area contributed by atoms with E-state index in [-0.39, 0.29) is 5.08 Å². The van der Waals surface area contributed by atoms with Crippen molar-refractivity contribution >= 4 is 26.8 Å². The lowest BCUT2D eigenvalue weighted by Gasteiger charge is -2.14. The third kappa shape index (κ3) is 5.39. The van der Waals surface area contributed by atoms with E-state index in [4.69, 9.17) is 0 Å². The average Bonchev–Trinajstić information content (AvgIpc) is 2.58. The lowest BCUT2D eigenvalue weighted by Crippen LogP contribution is -2.35. The Balaban J connectivity index is 2.24. The maximum Gasteiger partial charge on any atom is 0.173 e. The molecule has 0 saturated carbocycles. The molecular formula is C8H17N3O2S2. The molecule has 1 rings (SSSR count). The van der Waals surface area contributed by atoms with E-state index in [0.29, 0.717) is 11.8 Å². The highest BCUT2D eigenvalue weighted by Crippen LogP contribution is 2.10. The van der Waals surface area contributed by atoms with Gasteiger partial charge in [0.2, 0.25) is 0 Å². The number of nitrogens with one attached hydrogen (secondary N) is 1. The first-order valence-electron chi connectivity index (χ1n) is 4.88. The minimum atomic E-state index is -2.92. The molecule has 0 bridgehead atoms. The first kappa shape index (κ1) is 12.8. The summed E-state index contributed by atoms with van der Waals surface area (Å²) >= 11 is 1.24. The van der Waals surface area contributed by atoms with Crippen LogP contribution in [0.1, 0.15) is 19.8 Å². The van der Waals surface area contributed by atoms with E-state index >= 15 is 0 Å². The maximum absolute atomic E-state index is 10.9. The Labute approximate surface area is 95.2 Å². The van der Waals surface area contributed by atoms with E-state index in [9.17, 15) is 8.42 Å². The van der Waals surface area contributed by atoms with Gasteiger partial charge < -0.3 is 0 Å². The summed E-state index contributed by atoms with van der Waals surface area (Å²) in [4.78, 5) is 4.20. The zero-order chi connectivity index (χ0) is 11.3.